The van der Waals surface area contributed by atoms with Gasteiger partial charge < -0.3 is 18.6 Å². The Kier molecular flexibility index (Phi) is 6.35. The Hall–Kier alpha value is -1.59. The fourth-order valence-electron chi connectivity index (χ4n) is 6.30. The summed E-state index contributed by atoms with van der Waals surface area (Å²) in [5.74, 6) is 0. The number of hydrogen-bond donors (Lipinski definition) is 0. The average Bonchev–Trinajstić information content (AvgIpc) is 3.29. The van der Waals surface area contributed by atoms with E-state index in [-0.39, 0.29) is 42.1 Å². The lowest BCUT2D eigenvalue weighted by Gasteiger charge is -2.32. The molecule has 1 aliphatic carbocycles. The van der Waals surface area contributed by atoms with Crippen molar-refractivity contribution in [2.24, 2.45) is 0 Å². The van der Waals surface area contributed by atoms with Gasteiger partial charge in [0.2, 0.25) is 0 Å². The smallest absolute Gasteiger partial charge is 0.399 e. The predicted molar refractivity (Wildman–Crippen MR) is 154 cm³/mol. The topological polar surface area (TPSA) is 36.9 Å². The Morgan fingerprint density at radius 1 is 0.541 bits per heavy atom. The van der Waals surface area contributed by atoms with Gasteiger partial charge in [-0.05, 0) is 101 Å². The molecule has 37 heavy (non-hydrogen) atoms. The van der Waals surface area contributed by atoms with Gasteiger partial charge in [0.1, 0.15) is 0 Å². The summed E-state index contributed by atoms with van der Waals surface area (Å²) in [7, 11) is -0.722. The number of hydrogen-bond acceptors (Lipinski definition) is 4. The molecule has 4 nitrogen and oxygen atoms in total. The molecule has 0 N–H and O–H groups in total. The van der Waals surface area contributed by atoms with Crippen molar-refractivity contribution in [1.29, 1.82) is 0 Å². The zero-order valence-electron chi connectivity index (χ0n) is 24.6. The maximum Gasteiger partial charge on any atom is 0.494 e. The Morgan fingerprint density at radius 2 is 0.865 bits per heavy atom. The lowest BCUT2D eigenvalue weighted by atomic mass is 9.68. The molecule has 0 saturated carbocycles. The molecule has 0 unspecified atom stereocenters. The van der Waals surface area contributed by atoms with E-state index in [1.54, 1.807) is 0 Å². The first-order valence-corrected chi connectivity index (χ1v) is 14.2. The van der Waals surface area contributed by atoms with E-state index in [4.69, 9.17) is 18.6 Å². The minimum absolute atomic E-state index is 0.0481. The zero-order valence-corrected chi connectivity index (χ0v) is 24.6. The van der Waals surface area contributed by atoms with Gasteiger partial charge in [-0.3, -0.25) is 0 Å². The van der Waals surface area contributed by atoms with Crippen molar-refractivity contribution in [2.75, 3.05) is 0 Å². The van der Waals surface area contributed by atoms with Gasteiger partial charge in [0.15, 0.2) is 0 Å². The van der Waals surface area contributed by atoms with Crippen LogP contribution in [-0.4, -0.2) is 36.6 Å². The summed E-state index contributed by atoms with van der Waals surface area (Å²) in [6.07, 6.45) is 4.42. The van der Waals surface area contributed by atoms with Gasteiger partial charge in [0.25, 0.3) is 0 Å². The second kappa shape index (κ2) is 8.71. The van der Waals surface area contributed by atoms with Crippen molar-refractivity contribution in [3.05, 3.63) is 47.5 Å². The molecule has 2 aliphatic heterocycles. The maximum atomic E-state index is 6.45. The van der Waals surface area contributed by atoms with Crippen molar-refractivity contribution in [3.8, 4) is 11.1 Å². The highest BCUT2D eigenvalue weighted by molar-refractivity contribution is 6.62. The quantitative estimate of drug-likeness (QED) is 0.444. The minimum Gasteiger partial charge on any atom is -0.399 e. The zero-order chi connectivity index (χ0) is 27.0. The van der Waals surface area contributed by atoms with Gasteiger partial charge in [-0.1, -0.05) is 63.1 Å². The van der Waals surface area contributed by atoms with Crippen LogP contribution in [0.25, 0.3) is 11.1 Å². The molecule has 2 heterocycles. The molecule has 0 aromatic heterocycles. The van der Waals surface area contributed by atoms with E-state index in [1.165, 1.54) is 22.3 Å². The second-order valence-electron chi connectivity index (χ2n) is 13.4. The van der Waals surface area contributed by atoms with E-state index in [9.17, 15) is 0 Å². The summed E-state index contributed by atoms with van der Waals surface area (Å²) in [4.78, 5) is 0. The molecular formula is C31H44B2O4. The molecular weight excluding hydrogens is 458 g/mol. The number of rotatable bonds is 6. The number of fused-ring (bicyclic) bond motifs is 3. The van der Waals surface area contributed by atoms with E-state index in [1.807, 2.05) is 0 Å². The third kappa shape index (κ3) is 4.06. The Morgan fingerprint density at radius 3 is 1.16 bits per heavy atom. The highest BCUT2D eigenvalue weighted by atomic mass is 16.7. The monoisotopic (exact) mass is 502 g/mol. The first-order valence-electron chi connectivity index (χ1n) is 14.2. The lowest BCUT2D eigenvalue weighted by Crippen LogP contribution is -2.41. The normalized spacial score (nSPS) is 23.8. The van der Waals surface area contributed by atoms with Crippen molar-refractivity contribution in [2.45, 2.75) is 123 Å². The molecule has 198 valence electrons. The Balaban J connectivity index is 1.60. The SMILES string of the molecule is CCCC1(CCC)c2cc(B3OC(C)(C)C(C)(C)O3)ccc2-c2ccc(B3OC(C)(C)C(C)(C)O3)cc21. The number of benzene rings is 2. The van der Waals surface area contributed by atoms with Crippen LogP contribution in [0, 0.1) is 0 Å². The molecule has 2 saturated heterocycles. The van der Waals surface area contributed by atoms with Crippen LogP contribution in [0.4, 0.5) is 0 Å². The average molecular weight is 502 g/mol. The minimum atomic E-state index is -0.361. The van der Waals surface area contributed by atoms with Crippen molar-refractivity contribution >= 4 is 25.2 Å². The third-order valence-electron chi connectivity index (χ3n) is 9.81. The Labute approximate surface area is 225 Å². The summed E-state index contributed by atoms with van der Waals surface area (Å²) in [6.45, 7) is 21.5. The molecule has 0 spiro atoms. The Bertz CT molecular complexity index is 1070. The van der Waals surface area contributed by atoms with E-state index in [2.05, 4.69) is 106 Å². The summed E-state index contributed by atoms with van der Waals surface area (Å²) >= 11 is 0. The van der Waals surface area contributed by atoms with Gasteiger partial charge in [-0.25, -0.2) is 0 Å². The maximum absolute atomic E-state index is 6.45. The van der Waals surface area contributed by atoms with Crippen molar-refractivity contribution in [3.63, 3.8) is 0 Å². The van der Waals surface area contributed by atoms with Crippen LogP contribution in [-0.2, 0) is 24.0 Å². The predicted octanol–water partition coefficient (Wildman–Crippen LogP) is 6.15. The van der Waals surface area contributed by atoms with Crippen molar-refractivity contribution in [1.82, 2.24) is 0 Å². The molecule has 3 aliphatic rings. The van der Waals surface area contributed by atoms with Gasteiger partial charge in [0.05, 0.1) is 22.4 Å². The van der Waals surface area contributed by atoms with Crippen LogP contribution in [0.5, 0.6) is 0 Å². The first-order chi connectivity index (χ1) is 17.2. The third-order valence-corrected chi connectivity index (χ3v) is 9.81. The molecule has 2 aromatic carbocycles. The summed E-state index contributed by atoms with van der Waals surface area (Å²) in [5, 5.41) is 0. The van der Waals surface area contributed by atoms with Gasteiger partial charge in [-0.2, -0.15) is 0 Å². The summed E-state index contributed by atoms with van der Waals surface area (Å²) < 4.78 is 25.8. The molecule has 0 atom stereocenters. The van der Waals surface area contributed by atoms with Crippen LogP contribution < -0.4 is 10.9 Å². The fourth-order valence-corrected chi connectivity index (χ4v) is 6.30. The second-order valence-corrected chi connectivity index (χ2v) is 13.4. The van der Waals surface area contributed by atoms with Gasteiger partial charge >= 0.3 is 14.2 Å². The summed E-state index contributed by atoms with van der Waals surface area (Å²) in [5.41, 5.74) is 6.20. The molecule has 5 rings (SSSR count). The molecule has 0 bridgehead atoms. The molecule has 2 fully saturated rings. The van der Waals surface area contributed by atoms with Crippen molar-refractivity contribution < 1.29 is 18.6 Å². The van der Waals surface area contributed by atoms with E-state index in [0.29, 0.717) is 0 Å². The fraction of sp³-hybridized carbons (Fsp3) is 0.613. The van der Waals surface area contributed by atoms with Crippen LogP contribution in [0.15, 0.2) is 36.4 Å². The standard InChI is InChI=1S/C31H44B2O4/c1-11-17-31(18-12-2)25-19-21(32-34-27(3,4)28(5,6)35-32)13-15-23(25)24-16-14-22(20-26(24)31)33-36-29(7,8)30(9,10)37-33/h13-16,19-20H,11-12,17-18H2,1-10H3. The van der Waals surface area contributed by atoms with Crippen LogP contribution in [0.2, 0.25) is 0 Å². The highest BCUT2D eigenvalue weighted by Crippen LogP contribution is 2.53. The van der Waals surface area contributed by atoms with Crippen LogP contribution in [0.1, 0.15) is 106 Å². The van der Waals surface area contributed by atoms with E-state index >= 15 is 0 Å². The van der Waals surface area contributed by atoms with Gasteiger partial charge in [0, 0.05) is 5.41 Å². The largest absolute Gasteiger partial charge is 0.494 e. The van der Waals surface area contributed by atoms with E-state index < -0.39 is 0 Å². The van der Waals surface area contributed by atoms with Crippen LogP contribution >= 0.6 is 0 Å². The van der Waals surface area contributed by atoms with Gasteiger partial charge in [-0.15, -0.1) is 0 Å². The first kappa shape index (κ1) is 27.0. The van der Waals surface area contributed by atoms with E-state index in [0.717, 1.165) is 36.6 Å². The lowest BCUT2D eigenvalue weighted by molar-refractivity contribution is 0.00578. The molecule has 0 amide bonds. The highest BCUT2D eigenvalue weighted by Gasteiger charge is 2.54. The molecule has 2 aromatic rings. The van der Waals surface area contributed by atoms with Crippen LogP contribution in [0.3, 0.4) is 0 Å². The molecule has 6 heteroatoms. The summed E-state index contributed by atoms with van der Waals surface area (Å²) in [6, 6.07) is 13.7. The molecule has 0 radical (unpaired) electrons.